The first-order valence-electron chi connectivity index (χ1n) is 28.0. The number of phenols is 2. The highest BCUT2D eigenvalue weighted by molar-refractivity contribution is 8.04. The van der Waals surface area contributed by atoms with Crippen LogP contribution in [0.2, 0.25) is 0 Å². The summed E-state index contributed by atoms with van der Waals surface area (Å²) in [7, 11) is 0. The molecule has 0 radical (unpaired) electrons. The van der Waals surface area contributed by atoms with Crippen LogP contribution in [-0.4, -0.2) is 203 Å². The van der Waals surface area contributed by atoms with Gasteiger partial charge in [0.05, 0.1) is 20.9 Å². The van der Waals surface area contributed by atoms with Gasteiger partial charge in [0.25, 0.3) is 0 Å². The zero-order valence-electron chi connectivity index (χ0n) is 52.2. The molecule has 5 rings (SSSR count). The van der Waals surface area contributed by atoms with E-state index in [2.05, 4.69) is 0 Å². The zero-order chi connectivity index (χ0) is 68.9. The summed E-state index contributed by atoms with van der Waals surface area (Å²) in [4.78, 5) is 182. The molecule has 34 heteroatoms. The van der Waals surface area contributed by atoms with Crippen molar-refractivity contribution in [1.29, 1.82) is 0 Å². The van der Waals surface area contributed by atoms with Crippen molar-refractivity contribution in [2.75, 3.05) is 19.8 Å². The number of thioether (sulfide) groups is 3. The van der Waals surface area contributed by atoms with Crippen molar-refractivity contribution in [2.24, 2.45) is 0 Å². The lowest BCUT2D eigenvalue weighted by Gasteiger charge is -2.45. The fraction of sp³-hybridized carbons (Fsp3) is 0.586. The quantitative estimate of drug-likeness (QED) is 0.0646. The topological polar surface area (TPSA) is 418 Å². The smallest absolute Gasteiger partial charge is 0.303 e. The Kier molecular flexibility index (Phi) is 27.0. The highest BCUT2D eigenvalue weighted by atomic mass is 32.2. The van der Waals surface area contributed by atoms with Gasteiger partial charge in [0, 0.05) is 100.0 Å². The van der Waals surface area contributed by atoms with Crippen molar-refractivity contribution in [1.82, 2.24) is 0 Å². The summed E-state index contributed by atoms with van der Waals surface area (Å²) in [6, 6.07) is 0. The van der Waals surface area contributed by atoms with Gasteiger partial charge in [-0.15, -0.1) is 11.8 Å². The Bertz CT molecular complexity index is 3130. The van der Waals surface area contributed by atoms with E-state index in [0.29, 0.717) is 46.9 Å². The van der Waals surface area contributed by atoms with E-state index in [1.807, 2.05) is 0 Å². The van der Waals surface area contributed by atoms with Gasteiger partial charge in [-0.1, -0.05) is 35.2 Å². The number of hydrogen-bond donors (Lipinski definition) is 2. The number of carbonyl (C=O) groups excluding carboxylic acids is 14. The minimum Gasteiger partial charge on any atom is -0.507 e. The molecule has 3 saturated heterocycles. The van der Waals surface area contributed by atoms with E-state index in [1.165, 1.54) is 0 Å². The van der Waals surface area contributed by atoms with Crippen LogP contribution in [0.15, 0.2) is 27.5 Å². The van der Waals surface area contributed by atoms with Crippen molar-refractivity contribution >= 4 is 118 Å². The highest BCUT2D eigenvalue weighted by Gasteiger charge is 2.57. The Morgan fingerprint density at radius 3 is 1.08 bits per heavy atom. The molecule has 2 N–H and O–H groups in total. The van der Waals surface area contributed by atoms with E-state index < -0.39 is 236 Å². The van der Waals surface area contributed by atoms with Crippen LogP contribution in [0.1, 0.15) is 135 Å². The molecule has 3 aliphatic heterocycles. The van der Waals surface area contributed by atoms with Crippen LogP contribution in [0.4, 0.5) is 0 Å². The number of phenolic OH excluding ortho intramolecular Hbond substituents is 2. The maximum atomic E-state index is 15.5. The third-order valence-corrected chi connectivity index (χ3v) is 16.9. The first-order chi connectivity index (χ1) is 43.0. The Labute approximate surface area is 538 Å². The molecule has 3 heterocycles. The molecule has 31 nitrogen and oxygen atoms in total. The average molecular weight is 1360 g/mol. The summed E-state index contributed by atoms with van der Waals surface area (Å²) in [6.07, 6.45) is -18.7. The summed E-state index contributed by atoms with van der Waals surface area (Å²) in [5.41, 5.74) is -7.09. The fourth-order valence-electron chi connectivity index (χ4n) is 9.92. The van der Waals surface area contributed by atoms with Crippen LogP contribution in [0.25, 0.3) is 0 Å². The van der Waals surface area contributed by atoms with Crippen molar-refractivity contribution in [3.8, 4) is 11.5 Å². The molecule has 0 amide bonds. The molecule has 0 bridgehead atoms. The molecule has 1 aromatic rings. The molecule has 506 valence electrons. The molecule has 0 spiro atoms. The van der Waals surface area contributed by atoms with Crippen molar-refractivity contribution in [3.05, 3.63) is 39.3 Å². The molecule has 4 aliphatic rings. The molecule has 1 aromatic carbocycles. The van der Waals surface area contributed by atoms with Crippen molar-refractivity contribution < 1.29 is 148 Å². The summed E-state index contributed by atoms with van der Waals surface area (Å²) in [6.45, 7) is 13.0. The van der Waals surface area contributed by atoms with Gasteiger partial charge in [0.2, 0.25) is 5.78 Å². The number of ketones is 2. The van der Waals surface area contributed by atoms with Crippen LogP contribution in [-0.2, 0) is 129 Å². The number of fused-ring (bicyclic) bond motifs is 1. The number of hydrogen-bond acceptors (Lipinski definition) is 34. The van der Waals surface area contributed by atoms with E-state index >= 15 is 4.79 Å². The first-order valence-corrected chi connectivity index (χ1v) is 30.7. The number of Topliss-reactive ketones (excluding diaryl/α,β-unsaturated/α-hetero) is 1. The molecule has 3 fully saturated rings. The second-order valence-electron chi connectivity index (χ2n) is 21.0. The number of carbonyl (C=O) groups is 14. The van der Waals surface area contributed by atoms with Gasteiger partial charge in [-0.05, 0) is 20.3 Å². The van der Waals surface area contributed by atoms with E-state index in [-0.39, 0.29) is 6.42 Å². The predicted octanol–water partition coefficient (Wildman–Crippen LogP) is 3.57. The average Bonchev–Trinajstić information content (AvgIpc) is 0.735. The minimum absolute atomic E-state index is 0.317. The lowest BCUT2D eigenvalue weighted by atomic mass is 9.89. The van der Waals surface area contributed by atoms with Crippen LogP contribution in [0.5, 0.6) is 11.5 Å². The van der Waals surface area contributed by atoms with Gasteiger partial charge < -0.3 is 81.3 Å². The second-order valence-corrected chi connectivity index (χ2v) is 24.5. The lowest BCUT2D eigenvalue weighted by Crippen LogP contribution is -2.61. The van der Waals surface area contributed by atoms with Gasteiger partial charge >= 0.3 is 71.6 Å². The van der Waals surface area contributed by atoms with Crippen molar-refractivity contribution in [3.63, 3.8) is 0 Å². The highest BCUT2D eigenvalue weighted by Crippen LogP contribution is 2.56. The zero-order valence-corrected chi connectivity index (χ0v) is 54.6. The van der Waals surface area contributed by atoms with E-state index in [9.17, 15) is 72.5 Å². The molecular weight excluding hydrogens is 1290 g/mol. The molecule has 1 aliphatic carbocycles. The summed E-state index contributed by atoms with van der Waals surface area (Å²) < 4.78 is 85.5. The number of ether oxygens (including phenoxy) is 15. The minimum atomic E-state index is -1.89. The largest absolute Gasteiger partial charge is 0.507 e. The molecule has 92 heavy (non-hydrogen) atoms. The lowest BCUT2D eigenvalue weighted by molar-refractivity contribution is -0.237. The Balaban J connectivity index is 1.89. The molecule has 0 aromatic heterocycles. The third kappa shape index (κ3) is 20.1. The van der Waals surface area contributed by atoms with Gasteiger partial charge in [-0.3, -0.25) is 67.1 Å². The molecular formula is C58H70O31S3. The Morgan fingerprint density at radius 1 is 0.424 bits per heavy atom. The van der Waals surface area contributed by atoms with E-state index in [1.54, 1.807) is 19.9 Å². The summed E-state index contributed by atoms with van der Waals surface area (Å²) in [5.74, 6) is -16.4. The molecule has 0 saturated carbocycles. The standard InChI is InChI=1S/C58H70O31S3/c1-21(2)15-16-38(90-56-52(84-31(12)68)49(81-28(9)65)46(78-25(6)62)35(87-56)18-75-22(3)59)41-44(73)42-40(45(74)55(41)92-58-54(86-33(14)70)51(83-30(11)67)48(80-27(8)64)37(89-58)20-77-24(5)61)34(71)17-39(43(42)72)91-57-53(85-32(13)69)50(82-29(10)66)47(79-26(7)63)36(88-57)19-76-23(4)60/h15,17,35-38,46-54,56-58,73-74H,16,18-20H2,1-14H3/t35-,36-,37-,38?,46-,47-,48-,49+,50+,51+,52-,53-,54-,56+,57+,58+/m1/s1. The molecule has 16 atom stereocenters. The number of esters is 12. The Morgan fingerprint density at radius 2 is 0.739 bits per heavy atom. The van der Waals surface area contributed by atoms with Gasteiger partial charge in [-0.25, -0.2) is 0 Å². The SMILES string of the molecule is CC(=O)OC[C@H]1O[C@@H](SC2=CC(=O)c3c(O)c(S[C@@H]4O[C@H](COC(C)=O)[C@@H](OC(C)=O)[C@H](OC(C)=O)[C@H]4OC(C)=O)c(C(CC=C(C)C)S[C@@H]4O[C@H](COC(C)=O)[C@@H](OC(C)=O)[C@H](OC(C)=O)[C@H]4OC(C)=O)c(O)c3C2=O)[C@H](OC(C)=O)[C@@H](OC(C)=O)[C@@H]1OC(C)=O. The maximum absolute atomic E-state index is 15.5. The first kappa shape index (κ1) is 74.9. The number of allylic oxidation sites excluding steroid dienone is 4. The van der Waals surface area contributed by atoms with Crippen LogP contribution in [0, 0.1) is 0 Å². The fourth-order valence-corrected chi connectivity index (χ4v) is 14.0. The maximum Gasteiger partial charge on any atom is 0.303 e. The van der Waals surface area contributed by atoms with E-state index in [4.69, 9.17) is 71.1 Å². The summed E-state index contributed by atoms with van der Waals surface area (Å²) in [5, 5.41) is 24.7. The monoisotopic (exact) mass is 1360 g/mol. The second kappa shape index (κ2) is 33.2. The normalized spacial score (nSPS) is 26.9. The Hall–Kier alpha value is -7.79. The van der Waals surface area contributed by atoms with Gasteiger partial charge in [-0.2, -0.15) is 0 Å². The van der Waals surface area contributed by atoms with Crippen molar-refractivity contribution in [2.45, 2.75) is 203 Å². The van der Waals surface area contributed by atoms with E-state index in [0.717, 1.165) is 83.1 Å². The van der Waals surface area contributed by atoms with Gasteiger partial charge in [0.1, 0.15) is 65.9 Å². The summed E-state index contributed by atoms with van der Waals surface area (Å²) >= 11 is 1.35. The van der Waals surface area contributed by atoms with Crippen LogP contribution in [0.3, 0.4) is 0 Å². The van der Waals surface area contributed by atoms with Gasteiger partial charge in [0.15, 0.2) is 60.7 Å². The number of aromatic hydroxyl groups is 2. The predicted molar refractivity (Wildman–Crippen MR) is 310 cm³/mol. The van der Waals surface area contributed by atoms with Crippen LogP contribution >= 0.6 is 35.3 Å². The number of benzene rings is 1. The number of rotatable bonds is 24. The van der Waals surface area contributed by atoms with Crippen LogP contribution < -0.4 is 0 Å². The third-order valence-electron chi connectivity index (χ3n) is 13.1. The molecule has 1 unspecified atom stereocenters.